The largest absolute Gasteiger partial charge is 0.302 e. The third-order valence-electron chi connectivity index (χ3n) is 3.07. The van der Waals surface area contributed by atoms with E-state index in [1.807, 2.05) is 12.3 Å². The lowest BCUT2D eigenvalue weighted by molar-refractivity contribution is -0.121. The van der Waals surface area contributed by atoms with Crippen molar-refractivity contribution in [3.05, 3.63) is 11.6 Å². The summed E-state index contributed by atoms with van der Waals surface area (Å²) in [5.74, 6) is 0.330. The summed E-state index contributed by atoms with van der Waals surface area (Å²) in [7, 11) is 0. The number of ketones is 1. The molecule has 2 rings (SSSR count). The molecule has 0 bridgehead atoms. The average molecular weight is 238 g/mol. The van der Waals surface area contributed by atoms with Crippen LogP contribution in [0.25, 0.3) is 0 Å². The van der Waals surface area contributed by atoms with Crippen LogP contribution in [0.5, 0.6) is 0 Å². The monoisotopic (exact) mass is 238 g/mol. The fourth-order valence-electron chi connectivity index (χ4n) is 1.99. The summed E-state index contributed by atoms with van der Waals surface area (Å²) in [6.07, 6.45) is 3.67. The number of anilines is 1. The maximum absolute atomic E-state index is 11.8. The minimum Gasteiger partial charge on any atom is -0.302 e. The number of rotatable bonds is 3. The van der Waals surface area contributed by atoms with E-state index < -0.39 is 0 Å². The molecule has 1 saturated carbocycles. The van der Waals surface area contributed by atoms with E-state index in [1.54, 1.807) is 6.20 Å². The maximum Gasteiger partial charge on any atom is 0.229 e. The first-order valence-electron chi connectivity index (χ1n) is 5.39. The van der Waals surface area contributed by atoms with Crippen LogP contribution in [0.2, 0.25) is 0 Å². The van der Waals surface area contributed by atoms with Crippen molar-refractivity contribution in [3.8, 4) is 0 Å². The average Bonchev–Trinajstić information content (AvgIpc) is 2.88. The van der Waals surface area contributed by atoms with Crippen LogP contribution in [0.1, 0.15) is 26.2 Å². The molecule has 0 aromatic carbocycles. The first-order chi connectivity index (χ1) is 7.66. The van der Waals surface area contributed by atoms with Gasteiger partial charge < -0.3 is 5.32 Å². The zero-order valence-electron chi connectivity index (χ0n) is 9.10. The van der Waals surface area contributed by atoms with Crippen molar-refractivity contribution in [1.29, 1.82) is 0 Å². The van der Waals surface area contributed by atoms with Crippen molar-refractivity contribution in [2.45, 2.75) is 26.2 Å². The molecule has 1 aromatic rings. The Kier molecular flexibility index (Phi) is 3.33. The number of Topliss-reactive ketones (excluding diaryl/α,β-unsaturated/α-hetero) is 1. The standard InChI is InChI=1S/C11H14N2O2S/c1-7(8-2-3-9(14)6-8)10(15)13-11-12-4-5-16-11/h4-5,7-8H,2-3,6H2,1H3,(H,12,13,15). The van der Waals surface area contributed by atoms with Gasteiger partial charge in [-0.3, -0.25) is 9.59 Å². The lowest BCUT2D eigenvalue weighted by Gasteiger charge is -2.16. The lowest BCUT2D eigenvalue weighted by atomic mass is 9.92. The predicted octanol–water partition coefficient (Wildman–Crippen LogP) is 2.09. The number of carbonyl (C=O) groups excluding carboxylic acids is 2. The van der Waals surface area contributed by atoms with E-state index in [0.717, 1.165) is 6.42 Å². The molecular weight excluding hydrogens is 224 g/mol. The summed E-state index contributed by atoms with van der Waals surface area (Å²) >= 11 is 1.40. The summed E-state index contributed by atoms with van der Waals surface area (Å²) in [6, 6.07) is 0. The van der Waals surface area contributed by atoms with Gasteiger partial charge in [-0.1, -0.05) is 6.92 Å². The maximum atomic E-state index is 11.8. The van der Waals surface area contributed by atoms with Gasteiger partial charge in [-0.2, -0.15) is 0 Å². The Morgan fingerprint density at radius 2 is 2.50 bits per heavy atom. The van der Waals surface area contributed by atoms with Crippen molar-refractivity contribution in [3.63, 3.8) is 0 Å². The van der Waals surface area contributed by atoms with Gasteiger partial charge in [0.2, 0.25) is 5.91 Å². The number of amides is 1. The Bertz CT molecular complexity index is 389. The highest BCUT2D eigenvalue weighted by Gasteiger charge is 2.31. The van der Waals surface area contributed by atoms with Crippen molar-refractivity contribution in [2.75, 3.05) is 5.32 Å². The topological polar surface area (TPSA) is 59.1 Å². The smallest absolute Gasteiger partial charge is 0.229 e. The highest BCUT2D eigenvalue weighted by atomic mass is 32.1. The molecule has 0 aliphatic heterocycles. The highest BCUT2D eigenvalue weighted by Crippen LogP contribution is 2.29. The molecule has 1 fully saturated rings. The second kappa shape index (κ2) is 4.74. The Morgan fingerprint density at radius 1 is 1.69 bits per heavy atom. The van der Waals surface area contributed by atoms with E-state index >= 15 is 0 Å². The SMILES string of the molecule is CC(C(=O)Nc1nccs1)C1CCC(=O)C1. The summed E-state index contributed by atoms with van der Waals surface area (Å²) < 4.78 is 0. The normalized spacial score (nSPS) is 22.1. The van der Waals surface area contributed by atoms with Gasteiger partial charge in [0.15, 0.2) is 5.13 Å². The first kappa shape index (κ1) is 11.3. The van der Waals surface area contributed by atoms with Crippen LogP contribution in [0.3, 0.4) is 0 Å². The third-order valence-corrected chi connectivity index (χ3v) is 3.76. The summed E-state index contributed by atoms with van der Waals surface area (Å²) in [5, 5.41) is 5.22. The Balaban J connectivity index is 1.92. The van der Waals surface area contributed by atoms with Crippen molar-refractivity contribution in [2.24, 2.45) is 11.8 Å². The Hall–Kier alpha value is -1.23. The first-order valence-corrected chi connectivity index (χ1v) is 6.27. The van der Waals surface area contributed by atoms with E-state index in [-0.39, 0.29) is 23.5 Å². The van der Waals surface area contributed by atoms with Gasteiger partial charge in [0.05, 0.1) is 0 Å². The summed E-state index contributed by atoms with van der Waals surface area (Å²) in [4.78, 5) is 27.0. The van der Waals surface area contributed by atoms with E-state index in [0.29, 0.717) is 18.0 Å². The van der Waals surface area contributed by atoms with Gasteiger partial charge in [0.25, 0.3) is 0 Å². The van der Waals surface area contributed by atoms with Crippen LogP contribution in [-0.4, -0.2) is 16.7 Å². The van der Waals surface area contributed by atoms with Crippen LogP contribution < -0.4 is 5.32 Å². The van der Waals surface area contributed by atoms with Gasteiger partial charge in [0.1, 0.15) is 5.78 Å². The van der Waals surface area contributed by atoms with E-state index in [9.17, 15) is 9.59 Å². The molecular formula is C11H14N2O2S. The molecule has 1 aromatic heterocycles. The van der Waals surface area contributed by atoms with E-state index in [2.05, 4.69) is 10.3 Å². The number of aromatic nitrogens is 1. The molecule has 1 aliphatic carbocycles. The lowest BCUT2D eigenvalue weighted by Crippen LogP contribution is -2.25. The van der Waals surface area contributed by atoms with Crippen LogP contribution in [0.15, 0.2) is 11.6 Å². The second-order valence-electron chi connectivity index (χ2n) is 4.16. The molecule has 2 unspecified atom stereocenters. The molecule has 16 heavy (non-hydrogen) atoms. The van der Waals surface area contributed by atoms with Crippen LogP contribution in [0, 0.1) is 11.8 Å². The molecule has 4 nitrogen and oxygen atoms in total. The molecule has 0 saturated heterocycles. The quantitative estimate of drug-likeness (QED) is 0.877. The van der Waals surface area contributed by atoms with Crippen molar-refractivity contribution in [1.82, 2.24) is 4.98 Å². The Morgan fingerprint density at radius 3 is 3.06 bits per heavy atom. The Labute approximate surface area is 98.1 Å². The predicted molar refractivity (Wildman–Crippen MR) is 62.3 cm³/mol. The van der Waals surface area contributed by atoms with Gasteiger partial charge in [-0.05, 0) is 12.3 Å². The van der Waals surface area contributed by atoms with Crippen molar-refractivity contribution < 1.29 is 9.59 Å². The number of hydrogen-bond acceptors (Lipinski definition) is 4. The minimum absolute atomic E-state index is 0.0327. The van der Waals surface area contributed by atoms with Gasteiger partial charge >= 0.3 is 0 Å². The van der Waals surface area contributed by atoms with E-state index in [1.165, 1.54) is 11.3 Å². The fraction of sp³-hybridized carbons (Fsp3) is 0.545. The molecule has 0 radical (unpaired) electrons. The molecule has 1 N–H and O–H groups in total. The zero-order chi connectivity index (χ0) is 11.5. The van der Waals surface area contributed by atoms with E-state index in [4.69, 9.17) is 0 Å². The van der Waals surface area contributed by atoms with Gasteiger partial charge in [-0.25, -0.2) is 4.98 Å². The number of hydrogen-bond donors (Lipinski definition) is 1. The fourth-order valence-corrected chi connectivity index (χ4v) is 2.52. The number of nitrogens with one attached hydrogen (secondary N) is 1. The van der Waals surface area contributed by atoms with Gasteiger partial charge in [-0.15, -0.1) is 11.3 Å². The van der Waals surface area contributed by atoms with Crippen LogP contribution >= 0.6 is 11.3 Å². The molecule has 5 heteroatoms. The van der Waals surface area contributed by atoms with Crippen molar-refractivity contribution >= 4 is 28.2 Å². The minimum atomic E-state index is -0.115. The molecule has 2 atom stereocenters. The summed E-state index contributed by atoms with van der Waals surface area (Å²) in [5.41, 5.74) is 0. The summed E-state index contributed by atoms with van der Waals surface area (Å²) in [6.45, 7) is 1.88. The highest BCUT2D eigenvalue weighted by molar-refractivity contribution is 7.13. The number of carbonyl (C=O) groups is 2. The van der Waals surface area contributed by atoms with Gasteiger partial charge in [0, 0.05) is 30.3 Å². The molecule has 86 valence electrons. The second-order valence-corrected chi connectivity index (χ2v) is 5.05. The molecule has 0 spiro atoms. The number of thiazole rings is 1. The third kappa shape index (κ3) is 2.47. The zero-order valence-corrected chi connectivity index (χ0v) is 9.92. The van der Waals surface area contributed by atoms with Crippen LogP contribution in [0.4, 0.5) is 5.13 Å². The van der Waals surface area contributed by atoms with Crippen LogP contribution in [-0.2, 0) is 9.59 Å². The number of nitrogens with zero attached hydrogens (tertiary/aromatic N) is 1. The molecule has 1 aliphatic rings. The molecule has 1 amide bonds. The molecule has 1 heterocycles.